The molecule has 0 aromatic carbocycles. The molecule has 1 saturated heterocycles. The molecule has 0 aromatic rings. The van der Waals surface area contributed by atoms with Crippen LogP contribution in [0, 0.1) is 0 Å². The van der Waals surface area contributed by atoms with Crippen molar-refractivity contribution in [2.24, 2.45) is 0 Å². The molecular weight excluding hydrogens is 622 g/mol. The first-order valence-electron chi connectivity index (χ1n) is 18.7. The summed E-state index contributed by atoms with van der Waals surface area (Å²) >= 11 is 0. The number of nitrogens with one attached hydrogen (secondary N) is 1. The molecule has 9 nitrogen and oxygen atoms in total. The lowest BCUT2D eigenvalue weighted by molar-refractivity contribution is -0.302. The Kier molecular flexibility index (Phi) is 27.8. The van der Waals surface area contributed by atoms with Gasteiger partial charge in [0.05, 0.1) is 25.4 Å². The van der Waals surface area contributed by atoms with E-state index in [1.54, 1.807) is 6.08 Å². The Balaban J connectivity index is 2.47. The lowest BCUT2D eigenvalue weighted by Gasteiger charge is -2.40. The molecule has 1 amide bonds. The molecule has 7 atom stereocenters. The molecule has 0 aliphatic carbocycles. The van der Waals surface area contributed by atoms with Crippen LogP contribution in [0.25, 0.3) is 0 Å². The van der Waals surface area contributed by atoms with E-state index in [0.717, 1.165) is 77.0 Å². The van der Waals surface area contributed by atoms with Gasteiger partial charge in [-0.2, -0.15) is 0 Å². The van der Waals surface area contributed by atoms with Gasteiger partial charge in [0.15, 0.2) is 6.29 Å². The number of amides is 1. The fraction of sp³-hybridized carbons (Fsp3) is 0.675. The van der Waals surface area contributed by atoms with Crippen LogP contribution in [0.5, 0.6) is 0 Å². The first kappa shape index (κ1) is 44.7. The minimum Gasteiger partial charge on any atom is -0.394 e. The normalized spacial score (nSPS) is 23.3. The van der Waals surface area contributed by atoms with Gasteiger partial charge in [0.1, 0.15) is 24.4 Å². The van der Waals surface area contributed by atoms with E-state index in [1.807, 2.05) is 6.08 Å². The van der Waals surface area contributed by atoms with Gasteiger partial charge in [-0.15, -0.1) is 0 Å². The number of aliphatic hydroxyl groups is 5. The average molecular weight is 690 g/mol. The summed E-state index contributed by atoms with van der Waals surface area (Å²) in [5.41, 5.74) is 0. The Morgan fingerprint density at radius 3 is 1.94 bits per heavy atom. The molecule has 9 heteroatoms. The molecule has 0 bridgehead atoms. The van der Waals surface area contributed by atoms with Crippen LogP contribution in [0.15, 0.2) is 72.9 Å². The largest absolute Gasteiger partial charge is 0.394 e. The SMILES string of the molecule is CC/C=C\C/C=C\C/C=C\C/C=C\CCCCCCC(=O)NC(COC1OC(CO)C(O)C(O)C1O)C(O)/C=C/CC/C=C/CCCCC. The molecule has 0 spiro atoms. The number of hydrogen-bond acceptors (Lipinski definition) is 8. The summed E-state index contributed by atoms with van der Waals surface area (Å²) in [4.78, 5) is 12.8. The smallest absolute Gasteiger partial charge is 0.220 e. The molecule has 1 fully saturated rings. The van der Waals surface area contributed by atoms with Gasteiger partial charge in [-0.25, -0.2) is 0 Å². The third-order valence-electron chi connectivity index (χ3n) is 8.26. The van der Waals surface area contributed by atoms with E-state index in [9.17, 15) is 30.3 Å². The molecule has 1 aliphatic heterocycles. The van der Waals surface area contributed by atoms with Gasteiger partial charge in [0.2, 0.25) is 5.91 Å². The van der Waals surface area contributed by atoms with Gasteiger partial charge in [0.25, 0.3) is 0 Å². The standard InChI is InChI=1S/C40H67NO8/c1-3-5-7-9-11-13-14-15-16-17-18-19-20-22-24-26-28-30-36(44)41-33(34(43)29-27-25-23-21-12-10-8-6-4-2)32-48-40-39(47)38(46)37(45)35(31-42)49-40/h5,7,11-13,15-16,18-19,21,27,29,33-35,37-40,42-43,45-47H,3-4,6,8-10,14,17,20,22-26,28,30-32H2,1-2H3,(H,41,44)/b7-5-,13-11-,16-15-,19-18-,21-12+,29-27+. The maximum atomic E-state index is 12.8. The fourth-order valence-corrected chi connectivity index (χ4v) is 5.22. The Morgan fingerprint density at radius 1 is 0.714 bits per heavy atom. The summed E-state index contributed by atoms with van der Waals surface area (Å²) in [6, 6.07) is -0.834. The molecule has 0 aromatic heterocycles. The maximum Gasteiger partial charge on any atom is 0.220 e. The Labute approximate surface area is 296 Å². The summed E-state index contributed by atoms with van der Waals surface area (Å²) in [5, 5.41) is 53.7. The number of ether oxygens (including phenoxy) is 2. The van der Waals surface area contributed by atoms with Crippen LogP contribution < -0.4 is 5.32 Å². The summed E-state index contributed by atoms with van der Waals surface area (Å²) in [6.45, 7) is 3.53. The van der Waals surface area contributed by atoms with Crippen LogP contribution in [-0.4, -0.2) is 87.5 Å². The third kappa shape index (κ3) is 22.1. The van der Waals surface area contributed by atoms with E-state index in [-0.39, 0.29) is 12.5 Å². The van der Waals surface area contributed by atoms with E-state index >= 15 is 0 Å². The number of carbonyl (C=O) groups is 1. The number of allylic oxidation sites excluding steroid dienone is 11. The molecule has 1 aliphatic rings. The molecular formula is C40H67NO8. The van der Waals surface area contributed by atoms with Crippen molar-refractivity contribution >= 4 is 5.91 Å². The highest BCUT2D eigenvalue weighted by molar-refractivity contribution is 5.76. The molecule has 0 saturated carbocycles. The Morgan fingerprint density at radius 2 is 1.29 bits per heavy atom. The quantitative estimate of drug-likeness (QED) is 0.0416. The van der Waals surface area contributed by atoms with E-state index < -0.39 is 49.5 Å². The second kappa shape index (κ2) is 30.5. The molecule has 6 N–H and O–H groups in total. The minimum absolute atomic E-state index is 0.216. The van der Waals surface area contributed by atoms with E-state index in [1.165, 1.54) is 19.3 Å². The average Bonchev–Trinajstić information content (AvgIpc) is 3.10. The first-order valence-corrected chi connectivity index (χ1v) is 18.7. The van der Waals surface area contributed by atoms with Crippen molar-refractivity contribution in [2.75, 3.05) is 13.2 Å². The topological polar surface area (TPSA) is 149 Å². The van der Waals surface area contributed by atoms with Gasteiger partial charge in [-0.1, -0.05) is 112 Å². The van der Waals surface area contributed by atoms with Gasteiger partial charge >= 0.3 is 0 Å². The molecule has 49 heavy (non-hydrogen) atoms. The van der Waals surface area contributed by atoms with Crippen molar-refractivity contribution in [3.8, 4) is 0 Å². The molecule has 1 rings (SSSR count). The van der Waals surface area contributed by atoms with Crippen LogP contribution >= 0.6 is 0 Å². The van der Waals surface area contributed by atoms with Gasteiger partial charge < -0.3 is 40.3 Å². The van der Waals surface area contributed by atoms with Crippen molar-refractivity contribution in [3.63, 3.8) is 0 Å². The number of rotatable bonds is 28. The monoisotopic (exact) mass is 689 g/mol. The highest BCUT2D eigenvalue weighted by Crippen LogP contribution is 2.22. The number of hydrogen-bond donors (Lipinski definition) is 6. The van der Waals surface area contributed by atoms with Crippen molar-refractivity contribution < 1.29 is 39.8 Å². The van der Waals surface area contributed by atoms with E-state index in [2.05, 4.69) is 79.9 Å². The van der Waals surface area contributed by atoms with Gasteiger partial charge in [-0.05, 0) is 70.6 Å². The Bertz CT molecular complexity index is 989. The molecule has 280 valence electrons. The summed E-state index contributed by atoms with van der Waals surface area (Å²) in [6.07, 6.45) is 32.4. The highest BCUT2D eigenvalue weighted by atomic mass is 16.7. The third-order valence-corrected chi connectivity index (χ3v) is 8.26. The van der Waals surface area contributed by atoms with Crippen molar-refractivity contribution in [1.82, 2.24) is 5.32 Å². The minimum atomic E-state index is -1.58. The van der Waals surface area contributed by atoms with Crippen LogP contribution in [-0.2, 0) is 14.3 Å². The van der Waals surface area contributed by atoms with Crippen LogP contribution in [0.3, 0.4) is 0 Å². The number of carbonyl (C=O) groups excluding carboxylic acids is 1. The van der Waals surface area contributed by atoms with Crippen LogP contribution in [0.2, 0.25) is 0 Å². The zero-order valence-corrected chi connectivity index (χ0v) is 30.2. The molecule has 1 heterocycles. The molecule has 7 unspecified atom stereocenters. The van der Waals surface area contributed by atoms with Crippen LogP contribution in [0.4, 0.5) is 0 Å². The van der Waals surface area contributed by atoms with Crippen LogP contribution in [0.1, 0.15) is 117 Å². The van der Waals surface area contributed by atoms with Crippen molar-refractivity contribution in [3.05, 3.63) is 72.9 Å². The van der Waals surface area contributed by atoms with Gasteiger partial charge in [-0.3, -0.25) is 4.79 Å². The van der Waals surface area contributed by atoms with Crippen molar-refractivity contribution in [2.45, 2.75) is 159 Å². The Hall–Kier alpha value is -2.37. The van der Waals surface area contributed by atoms with Gasteiger partial charge in [0, 0.05) is 6.42 Å². The maximum absolute atomic E-state index is 12.8. The van der Waals surface area contributed by atoms with E-state index in [4.69, 9.17) is 9.47 Å². The molecule has 0 radical (unpaired) electrons. The second-order valence-corrected chi connectivity index (χ2v) is 12.6. The lowest BCUT2D eigenvalue weighted by atomic mass is 9.99. The summed E-state index contributed by atoms with van der Waals surface area (Å²) < 4.78 is 11.1. The number of aliphatic hydroxyl groups excluding tert-OH is 5. The fourth-order valence-electron chi connectivity index (χ4n) is 5.22. The first-order chi connectivity index (χ1) is 23.8. The lowest BCUT2D eigenvalue weighted by Crippen LogP contribution is -2.60. The predicted molar refractivity (Wildman–Crippen MR) is 198 cm³/mol. The second-order valence-electron chi connectivity index (χ2n) is 12.6. The number of unbranched alkanes of at least 4 members (excludes halogenated alkanes) is 8. The van der Waals surface area contributed by atoms with E-state index in [0.29, 0.717) is 6.42 Å². The summed E-state index contributed by atoms with van der Waals surface area (Å²) in [7, 11) is 0. The van der Waals surface area contributed by atoms with Crippen molar-refractivity contribution in [1.29, 1.82) is 0 Å². The summed E-state index contributed by atoms with van der Waals surface area (Å²) in [5.74, 6) is -0.219. The zero-order valence-electron chi connectivity index (χ0n) is 30.2. The zero-order chi connectivity index (χ0) is 36.0. The highest BCUT2D eigenvalue weighted by Gasteiger charge is 2.44. The predicted octanol–water partition coefficient (Wildman–Crippen LogP) is 6.27.